The van der Waals surface area contributed by atoms with E-state index in [9.17, 15) is 14.4 Å². The largest absolute Gasteiger partial charge is 0.330 e. The lowest BCUT2D eigenvalue weighted by Crippen LogP contribution is -2.54. The van der Waals surface area contributed by atoms with Crippen LogP contribution in [0.2, 0.25) is 0 Å². The second-order valence-electron chi connectivity index (χ2n) is 8.70. The summed E-state index contributed by atoms with van der Waals surface area (Å²) in [6.45, 7) is 2.08. The lowest BCUT2D eigenvalue weighted by atomic mass is 9.80. The van der Waals surface area contributed by atoms with E-state index in [1.165, 1.54) is 11.3 Å². The van der Waals surface area contributed by atoms with Gasteiger partial charge in [-0.2, -0.15) is 0 Å². The van der Waals surface area contributed by atoms with Crippen LogP contribution in [0.25, 0.3) is 0 Å². The van der Waals surface area contributed by atoms with Gasteiger partial charge in [0.15, 0.2) is 0 Å². The van der Waals surface area contributed by atoms with E-state index in [2.05, 4.69) is 12.2 Å². The maximum Gasteiger partial charge on any atom is 0.330 e. The molecule has 0 radical (unpaired) electrons. The van der Waals surface area contributed by atoms with Crippen LogP contribution in [-0.4, -0.2) is 30.4 Å². The summed E-state index contributed by atoms with van der Waals surface area (Å²) in [4.78, 5) is 41.6. The number of aldehydes is 1. The van der Waals surface area contributed by atoms with Crippen LogP contribution >= 0.6 is 0 Å². The predicted molar refractivity (Wildman–Crippen MR) is 109 cm³/mol. The Hall–Kier alpha value is -2.37. The molecule has 6 nitrogen and oxygen atoms in total. The molecule has 1 aromatic carbocycles. The Bertz CT molecular complexity index is 766. The van der Waals surface area contributed by atoms with Gasteiger partial charge in [0.2, 0.25) is 0 Å². The number of rotatable bonds is 4. The molecule has 1 aromatic rings. The Balaban J connectivity index is 1.79. The molecule has 1 atom stereocenters. The van der Waals surface area contributed by atoms with E-state index in [0.29, 0.717) is 5.69 Å². The third-order valence-electron chi connectivity index (χ3n) is 6.86. The van der Waals surface area contributed by atoms with Crippen molar-refractivity contribution in [3.05, 3.63) is 24.3 Å². The highest BCUT2D eigenvalue weighted by Crippen LogP contribution is 2.45. The molecule has 2 fully saturated rings. The number of nitrogens with one attached hydrogen (secondary N) is 1. The van der Waals surface area contributed by atoms with Gasteiger partial charge in [0, 0.05) is 6.04 Å². The number of fused-ring (bicyclic) bond motifs is 1. The Kier molecular flexibility index (Phi) is 5.13. The zero-order valence-corrected chi connectivity index (χ0v) is 16.5. The molecule has 3 aliphatic rings. The fraction of sp³-hybridized carbons (Fsp3) is 0.591. The fourth-order valence-electron chi connectivity index (χ4n) is 5.30. The molecule has 4 rings (SSSR count). The third-order valence-corrected chi connectivity index (χ3v) is 6.86. The van der Waals surface area contributed by atoms with Gasteiger partial charge < -0.3 is 4.79 Å². The molecule has 1 aliphatic heterocycles. The van der Waals surface area contributed by atoms with Crippen molar-refractivity contribution in [1.29, 1.82) is 0 Å². The second-order valence-corrected chi connectivity index (χ2v) is 8.70. The zero-order chi connectivity index (χ0) is 19.7. The van der Waals surface area contributed by atoms with Crippen molar-refractivity contribution >= 4 is 29.7 Å². The molecule has 1 unspecified atom stereocenters. The molecule has 1 N–H and O–H groups in total. The van der Waals surface area contributed by atoms with Crippen molar-refractivity contribution in [1.82, 2.24) is 5.32 Å². The van der Waals surface area contributed by atoms with Crippen LogP contribution in [0.1, 0.15) is 64.7 Å². The molecule has 2 saturated carbocycles. The average molecular weight is 383 g/mol. The number of nitrogens with zero attached hydrogens (tertiary/aromatic N) is 2. The highest BCUT2D eigenvalue weighted by molar-refractivity contribution is 6.14. The number of hydrogen-bond donors (Lipinski definition) is 1. The Morgan fingerprint density at radius 2 is 1.64 bits per heavy atom. The summed E-state index contributed by atoms with van der Waals surface area (Å²) < 4.78 is 0. The maximum atomic E-state index is 13.1. The lowest BCUT2D eigenvalue weighted by molar-refractivity contribution is -0.111. The monoisotopic (exact) mass is 383 g/mol. The number of hydrogen-bond acceptors (Lipinski definition) is 3. The third kappa shape index (κ3) is 3.19. The van der Waals surface area contributed by atoms with Gasteiger partial charge in [-0.05, 0) is 43.2 Å². The Morgan fingerprint density at radius 3 is 2.29 bits per heavy atom. The van der Waals surface area contributed by atoms with Crippen LogP contribution in [0.15, 0.2) is 24.3 Å². The zero-order valence-electron chi connectivity index (χ0n) is 16.5. The van der Waals surface area contributed by atoms with Crippen LogP contribution in [-0.2, 0) is 4.79 Å². The van der Waals surface area contributed by atoms with Gasteiger partial charge in [0.05, 0.1) is 17.4 Å². The Labute approximate surface area is 166 Å². The first-order valence-corrected chi connectivity index (χ1v) is 10.5. The molecule has 4 amide bonds. The second kappa shape index (κ2) is 7.57. The van der Waals surface area contributed by atoms with Gasteiger partial charge in [-0.3, -0.25) is 15.1 Å². The normalized spacial score (nSPS) is 23.8. The summed E-state index contributed by atoms with van der Waals surface area (Å²) in [5.74, 6) is 0. The van der Waals surface area contributed by atoms with E-state index in [-0.39, 0.29) is 17.5 Å². The minimum Gasteiger partial charge on any atom is -0.301 e. The number of carbonyl (C=O) groups is 3. The molecule has 0 bridgehead atoms. The van der Waals surface area contributed by atoms with E-state index in [0.717, 1.165) is 63.3 Å². The summed E-state index contributed by atoms with van der Waals surface area (Å²) >= 11 is 0. The lowest BCUT2D eigenvalue weighted by Gasteiger charge is -2.39. The SMILES string of the molecule is CC1(C(C=O)N2C(=O)NC(=O)N(C3CCCCC3)c3ccccc32)CCCC1. The van der Waals surface area contributed by atoms with Gasteiger partial charge >= 0.3 is 12.1 Å². The van der Waals surface area contributed by atoms with E-state index < -0.39 is 12.1 Å². The summed E-state index contributed by atoms with van der Waals surface area (Å²) in [5.41, 5.74) is 1.11. The van der Waals surface area contributed by atoms with Crippen molar-refractivity contribution in [3.63, 3.8) is 0 Å². The number of anilines is 2. The maximum absolute atomic E-state index is 13.1. The molecule has 0 saturated heterocycles. The van der Waals surface area contributed by atoms with Crippen molar-refractivity contribution < 1.29 is 14.4 Å². The van der Waals surface area contributed by atoms with Crippen LogP contribution in [0, 0.1) is 5.41 Å². The molecular weight excluding hydrogens is 354 g/mol. The van der Waals surface area contributed by atoms with Gasteiger partial charge in [0.1, 0.15) is 6.29 Å². The van der Waals surface area contributed by atoms with Gasteiger partial charge in [0.25, 0.3) is 0 Å². The summed E-state index contributed by atoms with van der Waals surface area (Å²) in [6, 6.07) is 6.13. The molecular formula is C22H29N3O3. The van der Waals surface area contributed by atoms with E-state index >= 15 is 0 Å². The number of urea groups is 2. The number of imide groups is 1. The number of para-hydroxylation sites is 2. The summed E-state index contributed by atoms with van der Waals surface area (Å²) in [7, 11) is 0. The highest BCUT2D eigenvalue weighted by atomic mass is 16.2. The number of amides is 4. The first-order valence-electron chi connectivity index (χ1n) is 10.5. The van der Waals surface area contributed by atoms with Crippen LogP contribution < -0.4 is 15.1 Å². The van der Waals surface area contributed by atoms with Gasteiger partial charge in [-0.15, -0.1) is 0 Å². The van der Waals surface area contributed by atoms with Crippen LogP contribution in [0.5, 0.6) is 0 Å². The standard InChI is InChI=1S/C22H29N3O3/c1-22(13-7-8-14-22)19(15-26)25-18-12-6-5-11-17(18)24(20(27)23-21(25)28)16-9-3-2-4-10-16/h5-6,11-12,15-16,19H,2-4,7-10,13-14H2,1H3,(H,23,27,28). The van der Waals surface area contributed by atoms with Crippen LogP contribution in [0.4, 0.5) is 21.0 Å². The van der Waals surface area contributed by atoms with E-state index in [1.807, 2.05) is 24.3 Å². The van der Waals surface area contributed by atoms with E-state index in [4.69, 9.17) is 0 Å². The molecule has 1 heterocycles. The number of benzene rings is 1. The van der Waals surface area contributed by atoms with Crippen molar-refractivity contribution in [2.24, 2.45) is 5.41 Å². The molecule has 28 heavy (non-hydrogen) atoms. The quantitative estimate of drug-likeness (QED) is 0.771. The minimum atomic E-state index is -0.588. The summed E-state index contributed by atoms with van der Waals surface area (Å²) in [5, 5.41) is 2.56. The molecule has 150 valence electrons. The van der Waals surface area contributed by atoms with Gasteiger partial charge in [-0.25, -0.2) is 9.59 Å². The molecule has 0 aromatic heterocycles. The number of carbonyl (C=O) groups excluding carboxylic acids is 3. The summed E-state index contributed by atoms with van der Waals surface area (Å²) in [6.07, 6.45) is 10.1. The minimum absolute atomic E-state index is 0.0828. The van der Waals surface area contributed by atoms with Crippen molar-refractivity contribution in [2.75, 3.05) is 9.80 Å². The van der Waals surface area contributed by atoms with Crippen molar-refractivity contribution in [2.45, 2.75) is 76.8 Å². The smallest absolute Gasteiger partial charge is 0.301 e. The van der Waals surface area contributed by atoms with Crippen molar-refractivity contribution in [3.8, 4) is 0 Å². The topological polar surface area (TPSA) is 69.7 Å². The van der Waals surface area contributed by atoms with Crippen LogP contribution in [0.3, 0.4) is 0 Å². The highest BCUT2D eigenvalue weighted by Gasteiger charge is 2.46. The fourth-order valence-corrected chi connectivity index (χ4v) is 5.30. The molecule has 6 heteroatoms. The molecule has 2 aliphatic carbocycles. The first-order chi connectivity index (χ1) is 13.5. The predicted octanol–water partition coefficient (Wildman–Crippen LogP) is 4.62. The molecule has 0 spiro atoms. The van der Waals surface area contributed by atoms with Gasteiger partial charge in [-0.1, -0.05) is 51.2 Å². The first kappa shape index (κ1) is 19.0. The van der Waals surface area contributed by atoms with E-state index in [1.54, 1.807) is 4.90 Å². The average Bonchev–Trinajstić information content (AvgIpc) is 3.10. The Morgan fingerprint density at radius 1 is 1.00 bits per heavy atom.